The Hall–Kier alpha value is -2.34. The predicted octanol–water partition coefficient (Wildman–Crippen LogP) is 6.41. The van der Waals surface area contributed by atoms with Crippen LogP contribution in [0.4, 0.5) is 0 Å². The molecule has 0 saturated heterocycles. The molecule has 1 unspecified atom stereocenters. The average Bonchev–Trinajstić information content (AvgIpc) is 2.56. The van der Waals surface area contributed by atoms with E-state index < -0.39 is 0 Å². The summed E-state index contributed by atoms with van der Waals surface area (Å²) in [7, 11) is 0. The highest BCUT2D eigenvalue weighted by atomic mass is 14.2. The van der Waals surface area contributed by atoms with E-state index in [2.05, 4.69) is 95.3 Å². The molecule has 0 amide bonds. The molecule has 0 N–H and O–H groups in total. The Morgan fingerprint density at radius 2 is 1.25 bits per heavy atom. The second-order valence-corrected chi connectivity index (χ2v) is 7.00. The van der Waals surface area contributed by atoms with Gasteiger partial charge in [0.15, 0.2) is 0 Å². The summed E-state index contributed by atoms with van der Waals surface area (Å²) in [4.78, 5) is 0. The number of aryl methyl sites for hydroxylation is 4. The van der Waals surface area contributed by atoms with Gasteiger partial charge in [-0.05, 0) is 68.0 Å². The van der Waals surface area contributed by atoms with E-state index in [1.165, 1.54) is 44.5 Å². The second kappa shape index (κ2) is 6.65. The molecule has 1 atom stereocenters. The maximum Gasteiger partial charge on any atom is 0.0345 e. The molecule has 122 valence electrons. The summed E-state index contributed by atoms with van der Waals surface area (Å²) in [6.07, 6.45) is 0. The number of hydrogen-bond donors (Lipinski definition) is 0. The van der Waals surface area contributed by atoms with Gasteiger partial charge >= 0.3 is 0 Å². The Kier molecular flexibility index (Phi) is 4.57. The lowest BCUT2D eigenvalue weighted by atomic mass is 9.79. The highest BCUT2D eigenvalue weighted by molar-refractivity contribution is 5.52. The minimum absolute atomic E-state index is 0.282. The quantitative estimate of drug-likeness (QED) is 0.490. The van der Waals surface area contributed by atoms with Gasteiger partial charge in [0.2, 0.25) is 0 Å². The largest absolute Gasteiger partial charge is 0.0622 e. The Morgan fingerprint density at radius 1 is 0.583 bits per heavy atom. The van der Waals surface area contributed by atoms with Gasteiger partial charge in [0.1, 0.15) is 0 Å². The first-order valence-electron chi connectivity index (χ1n) is 8.67. The lowest BCUT2D eigenvalue weighted by Gasteiger charge is -2.24. The first kappa shape index (κ1) is 16.5. The fourth-order valence-electron chi connectivity index (χ4n) is 3.62. The zero-order chi connectivity index (χ0) is 17.3. The summed E-state index contributed by atoms with van der Waals surface area (Å²) in [5, 5.41) is 0. The molecule has 0 saturated carbocycles. The maximum absolute atomic E-state index is 2.36. The molecule has 0 aliphatic rings. The van der Waals surface area contributed by atoms with Crippen molar-refractivity contribution in [1.29, 1.82) is 0 Å². The molecule has 0 aliphatic carbocycles. The molecule has 0 heterocycles. The summed E-state index contributed by atoms with van der Waals surface area (Å²) >= 11 is 0. The van der Waals surface area contributed by atoms with Crippen molar-refractivity contribution in [2.45, 2.75) is 40.5 Å². The molecular weight excluding hydrogens is 288 g/mol. The third-order valence-electron chi connectivity index (χ3n) is 5.04. The van der Waals surface area contributed by atoms with Crippen LogP contribution < -0.4 is 0 Å². The molecule has 0 radical (unpaired) electrons. The van der Waals surface area contributed by atoms with Crippen LogP contribution in [-0.2, 0) is 0 Å². The third-order valence-corrected chi connectivity index (χ3v) is 5.04. The van der Waals surface area contributed by atoms with E-state index in [4.69, 9.17) is 0 Å². The topological polar surface area (TPSA) is 0 Å². The van der Waals surface area contributed by atoms with Crippen molar-refractivity contribution < 1.29 is 0 Å². The maximum atomic E-state index is 2.36. The minimum Gasteiger partial charge on any atom is -0.0622 e. The van der Waals surface area contributed by atoms with E-state index in [0.29, 0.717) is 0 Å². The van der Waals surface area contributed by atoms with Gasteiger partial charge in [-0.2, -0.15) is 0 Å². The zero-order valence-corrected chi connectivity index (χ0v) is 15.4. The molecule has 3 rings (SSSR count). The van der Waals surface area contributed by atoms with Crippen molar-refractivity contribution >= 4 is 0 Å². The van der Waals surface area contributed by atoms with Crippen LogP contribution in [0.15, 0.2) is 60.7 Å². The normalized spacial score (nSPS) is 12.2. The smallest absolute Gasteiger partial charge is 0.0345 e. The number of hydrogen-bond acceptors (Lipinski definition) is 0. The molecule has 0 aromatic heterocycles. The van der Waals surface area contributed by atoms with Gasteiger partial charge in [-0.1, -0.05) is 71.8 Å². The van der Waals surface area contributed by atoms with Crippen molar-refractivity contribution in [3.05, 3.63) is 105 Å². The van der Waals surface area contributed by atoms with Crippen LogP contribution in [0, 0.1) is 34.6 Å². The molecule has 24 heavy (non-hydrogen) atoms. The summed E-state index contributed by atoms with van der Waals surface area (Å²) in [5.74, 6) is 0.282. The van der Waals surface area contributed by atoms with E-state index in [1.807, 2.05) is 0 Å². The van der Waals surface area contributed by atoms with Gasteiger partial charge in [-0.15, -0.1) is 0 Å². The second-order valence-electron chi connectivity index (χ2n) is 7.00. The van der Waals surface area contributed by atoms with Crippen molar-refractivity contribution in [2.75, 3.05) is 0 Å². The fraction of sp³-hybridized carbons (Fsp3) is 0.250. The van der Waals surface area contributed by atoms with E-state index in [9.17, 15) is 0 Å². The fourth-order valence-corrected chi connectivity index (χ4v) is 3.62. The molecule has 0 heteroatoms. The van der Waals surface area contributed by atoms with Crippen LogP contribution in [0.5, 0.6) is 0 Å². The Bertz CT molecular complexity index is 857. The lowest BCUT2D eigenvalue weighted by molar-refractivity contribution is 0.939. The summed E-state index contributed by atoms with van der Waals surface area (Å²) in [5.41, 5.74) is 11.0. The Balaban J connectivity index is 2.30. The highest BCUT2D eigenvalue weighted by Gasteiger charge is 2.21. The van der Waals surface area contributed by atoms with Crippen LogP contribution >= 0.6 is 0 Å². The zero-order valence-electron chi connectivity index (χ0n) is 15.4. The number of rotatable bonds is 3. The molecule has 3 aromatic carbocycles. The summed E-state index contributed by atoms with van der Waals surface area (Å²) < 4.78 is 0. The summed E-state index contributed by atoms with van der Waals surface area (Å²) in [6.45, 7) is 11.1. The van der Waals surface area contributed by atoms with Crippen LogP contribution in [0.25, 0.3) is 0 Å². The predicted molar refractivity (Wildman–Crippen MR) is 104 cm³/mol. The lowest BCUT2D eigenvalue weighted by Crippen LogP contribution is -2.09. The van der Waals surface area contributed by atoms with Crippen molar-refractivity contribution in [2.24, 2.45) is 0 Å². The van der Waals surface area contributed by atoms with Crippen molar-refractivity contribution in [1.82, 2.24) is 0 Å². The van der Waals surface area contributed by atoms with E-state index in [0.717, 1.165) is 0 Å². The minimum atomic E-state index is 0.282. The van der Waals surface area contributed by atoms with E-state index in [-0.39, 0.29) is 5.92 Å². The third kappa shape index (κ3) is 3.14. The van der Waals surface area contributed by atoms with E-state index >= 15 is 0 Å². The van der Waals surface area contributed by atoms with Gasteiger partial charge in [-0.25, -0.2) is 0 Å². The molecule has 0 fully saturated rings. The van der Waals surface area contributed by atoms with Crippen LogP contribution in [0.1, 0.15) is 50.4 Å². The Labute approximate surface area is 146 Å². The van der Waals surface area contributed by atoms with Crippen molar-refractivity contribution in [3.63, 3.8) is 0 Å². The first-order valence-corrected chi connectivity index (χ1v) is 8.67. The number of benzene rings is 3. The van der Waals surface area contributed by atoms with Gasteiger partial charge < -0.3 is 0 Å². The molecule has 3 aromatic rings. The standard InChI is InChI=1S/C24H26/c1-16-11-12-18(3)22(14-16)24(21-9-7-6-8-10-21)23-15-17(2)13-19(4)20(23)5/h6-15,24H,1-5H3. The molecule has 0 nitrogen and oxygen atoms in total. The van der Waals surface area contributed by atoms with Gasteiger partial charge in [0.25, 0.3) is 0 Å². The SMILES string of the molecule is Cc1ccc(C)c(C(c2ccccc2)c2cc(C)cc(C)c2C)c1. The van der Waals surface area contributed by atoms with Crippen LogP contribution in [0.3, 0.4) is 0 Å². The monoisotopic (exact) mass is 314 g/mol. The van der Waals surface area contributed by atoms with Gasteiger partial charge in [0, 0.05) is 5.92 Å². The van der Waals surface area contributed by atoms with Crippen molar-refractivity contribution in [3.8, 4) is 0 Å². The molecular formula is C24H26. The Morgan fingerprint density at radius 3 is 1.96 bits per heavy atom. The molecule has 0 spiro atoms. The van der Waals surface area contributed by atoms with Crippen LogP contribution in [-0.4, -0.2) is 0 Å². The van der Waals surface area contributed by atoms with Gasteiger partial charge in [-0.3, -0.25) is 0 Å². The summed E-state index contributed by atoms with van der Waals surface area (Å²) in [6, 6.07) is 22.3. The first-order chi connectivity index (χ1) is 11.5. The van der Waals surface area contributed by atoms with Crippen LogP contribution in [0.2, 0.25) is 0 Å². The average molecular weight is 314 g/mol. The van der Waals surface area contributed by atoms with E-state index in [1.54, 1.807) is 0 Å². The molecule has 0 bridgehead atoms. The van der Waals surface area contributed by atoms with Gasteiger partial charge in [0.05, 0.1) is 0 Å². The molecule has 0 aliphatic heterocycles. The highest BCUT2D eigenvalue weighted by Crippen LogP contribution is 2.37.